The van der Waals surface area contributed by atoms with Crippen LogP contribution in [0.25, 0.3) is 0 Å². The van der Waals surface area contributed by atoms with Gasteiger partial charge in [0.15, 0.2) is 11.5 Å². The zero-order valence-corrected chi connectivity index (χ0v) is 19.2. The summed E-state index contributed by atoms with van der Waals surface area (Å²) in [7, 11) is -3.76. The molecule has 0 heterocycles. The van der Waals surface area contributed by atoms with E-state index >= 15 is 0 Å². The number of carbonyl (C=O) groups is 2. The molecule has 1 unspecified atom stereocenters. The van der Waals surface area contributed by atoms with Gasteiger partial charge in [0, 0.05) is 19.0 Å². The predicted molar refractivity (Wildman–Crippen MR) is 120 cm³/mol. The molecule has 0 aromatic heterocycles. The van der Waals surface area contributed by atoms with Crippen molar-refractivity contribution in [3.05, 3.63) is 53.6 Å². The van der Waals surface area contributed by atoms with Crippen LogP contribution in [0.4, 0.5) is 5.69 Å². The van der Waals surface area contributed by atoms with Crippen LogP contribution in [0.15, 0.2) is 42.5 Å². The van der Waals surface area contributed by atoms with Crippen molar-refractivity contribution in [3.8, 4) is 11.5 Å². The van der Waals surface area contributed by atoms with Crippen LogP contribution >= 0.6 is 0 Å². The van der Waals surface area contributed by atoms with Crippen LogP contribution in [0.3, 0.4) is 0 Å². The van der Waals surface area contributed by atoms with Crippen molar-refractivity contribution in [2.75, 3.05) is 18.1 Å². The number of hydrogen-bond acceptors (Lipinski definition) is 8. The molecule has 0 saturated heterocycles. The van der Waals surface area contributed by atoms with Crippen LogP contribution in [-0.4, -0.2) is 44.2 Å². The number of amides is 1. The Morgan fingerprint density at radius 1 is 1.12 bits per heavy atom. The molecule has 3 N–H and O–H groups in total. The van der Waals surface area contributed by atoms with E-state index in [0.29, 0.717) is 11.3 Å². The van der Waals surface area contributed by atoms with Gasteiger partial charge in [-0.2, -0.15) is 8.42 Å². The first-order chi connectivity index (χ1) is 15.0. The predicted octanol–water partition coefficient (Wildman–Crippen LogP) is 2.98. The van der Waals surface area contributed by atoms with Crippen molar-refractivity contribution in [1.82, 2.24) is 5.32 Å². The number of phenolic OH excluding ortho intramolecular Hbond substituents is 1. The maximum atomic E-state index is 12.6. The second-order valence-corrected chi connectivity index (χ2v) is 9.02. The van der Waals surface area contributed by atoms with E-state index in [1.54, 1.807) is 25.1 Å². The van der Waals surface area contributed by atoms with Gasteiger partial charge in [-0.1, -0.05) is 39.0 Å². The summed E-state index contributed by atoms with van der Waals surface area (Å²) in [5.74, 6) is -1.52. The molecule has 0 fully saturated rings. The normalized spacial score (nSPS) is 12.4. The lowest BCUT2D eigenvalue weighted by Crippen LogP contribution is -2.30. The summed E-state index contributed by atoms with van der Waals surface area (Å²) in [4.78, 5) is 24.3. The Kier molecular flexibility index (Phi) is 8.76. The van der Waals surface area contributed by atoms with Crippen LogP contribution in [0.2, 0.25) is 0 Å². The number of aromatic hydroxyl groups is 1. The van der Waals surface area contributed by atoms with Gasteiger partial charge in [0.2, 0.25) is 5.91 Å². The molecule has 0 saturated carbocycles. The van der Waals surface area contributed by atoms with Crippen molar-refractivity contribution in [1.29, 1.82) is 0 Å². The van der Waals surface area contributed by atoms with Crippen molar-refractivity contribution in [3.63, 3.8) is 0 Å². The van der Waals surface area contributed by atoms with E-state index < -0.39 is 22.2 Å². The van der Waals surface area contributed by atoms with Gasteiger partial charge in [-0.25, -0.2) is 4.79 Å². The molecule has 0 spiro atoms. The first-order valence-corrected chi connectivity index (χ1v) is 11.9. The Hall–Kier alpha value is -2.95. The Morgan fingerprint density at radius 3 is 2.41 bits per heavy atom. The number of nitrogens with one attached hydrogen (secondary N) is 2. The van der Waals surface area contributed by atoms with E-state index in [1.807, 2.05) is 13.8 Å². The molecule has 0 aliphatic heterocycles. The zero-order chi connectivity index (χ0) is 23.9. The molecule has 2 rings (SSSR count). The molecule has 0 aliphatic carbocycles. The maximum absolute atomic E-state index is 12.6. The Bertz CT molecular complexity index is 1070. The number of esters is 1. The number of rotatable bonds is 10. The van der Waals surface area contributed by atoms with Gasteiger partial charge in [-0.05, 0) is 29.8 Å². The lowest BCUT2D eigenvalue weighted by Gasteiger charge is -2.20. The number of para-hydroxylation sites is 1. The largest absolute Gasteiger partial charge is 0.504 e. The molecule has 1 amide bonds. The van der Waals surface area contributed by atoms with Gasteiger partial charge in [-0.15, -0.1) is 0 Å². The van der Waals surface area contributed by atoms with Crippen molar-refractivity contribution >= 4 is 27.7 Å². The fourth-order valence-electron chi connectivity index (χ4n) is 2.75. The van der Waals surface area contributed by atoms with Crippen LogP contribution in [0.1, 0.15) is 49.2 Å². The average Bonchev–Trinajstić information content (AvgIpc) is 2.71. The minimum absolute atomic E-state index is 0.0859. The molecule has 32 heavy (non-hydrogen) atoms. The number of carbonyl (C=O) groups excluding carboxylic acids is 2. The van der Waals surface area contributed by atoms with Gasteiger partial charge in [0.1, 0.15) is 6.10 Å². The Labute approximate surface area is 187 Å². The molecule has 174 valence electrons. The van der Waals surface area contributed by atoms with E-state index in [0.717, 1.165) is 6.26 Å². The van der Waals surface area contributed by atoms with E-state index in [-0.39, 0.29) is 42.0 Å². The van der Waals surface area contributed by atoms with Crippen molar-refractivity contribution in [2.24, 2.45) is 0 Å². The third kappa shape index (κ3) is 7.63. The van der Waals surface area contributed by atoms with Crippen LogP contribution < -0.4 is 15.4 Å². The molecule has 0 aliphatic rings. The smallest absolute Gasteiger partial charge is 0.345 e. The molecule has 9 nitrogen and oxygen atoms in total. The summed E-state index contributed by atoms with van der Waals surface area (Å²) in [6, 6.07) is 10.6. The zero-order valence-electron chi connectivity index (χ0n) is 18.4. The van der Waals surface area contributed by atoms with Gasteiger partial charge in [0.05, 0.1) is 17.5 Å². The lowest BCUT2D eigenvalue weighted by atomic mass is 10.1. The molecule has 0 radical (unpaired) electrons. The van der Waals surface area contributed by atoms with Gasteiger partial charge in [-0.3, -0.25) is 8.98 Å². The van der Waals surface area contributed by atoms with Crippen molar-refractivity contribution in [2.45, 2.75) is 39.3 Å². The second kappa shape index (κ2) is 11.1. The van der Waals surface area contributed by atoms with Crippen molar-refractivity contribution < 1.29 is 32.0 Å². The molecular formula is C22H28N2O7S. The Balaban J connectivity index is 2.24. The highest BCUT2D eigenvalue weighted by Gasteiger charge is 2.21. The van der Waals surface area contributed by atoms with E-state index in [4.69, 9.17) is 8.92 Å². The lowest BCUT2D eigenvalue weighted by molar-refractivity contribution is -0.115. The topological polar surface area (TPSA) is 131 Å². The molecule has 10 heteroatoms. The molecule has 1 atom stereocenters. The fraction of sp³-hybridized carbons (Fsp3) is 0.364. The molecule has 2 aromatic rings. The number of ether oxygens (including phenoxy) is 1. The third-order valence-corrected chi connectivity index (χ3v) is 4.88. The van der Waals surface area contributed by atoms with Gasteiger partial charge in [0.25, 0.3) is 10.1 Å². The third-order valence-electron chi connectivity index (χ3n) is 4.30. The number of hydrogen-bond donors (Lipinski definition) is 3. The molecule has 0 bridgehead atoms. The van der Waals surface area contributed by atoms with E-state index in [2.05, 4.69) is 10.6 Å². The van der Waals surface area contributed by atoms with Gasteiger partial charge >= 0.3 is 5.97 Å². The summed E-state index contributed by atoms with van der Waals surface area (Å²) >= 11 is 0. The summed E-state index contributed by atoms with van der Waals surface area (Å²) in [5.41, 5.74) is 0.801. The first kappa shape index (κ1) is 25.3. The minimum Gasteiger partial charge on any atom is -0.504 e. The van der Waals surface area contributed by atoms with E-state index in [9.17, 15) is 23.1 Å². The van der Waals surface area contributed by atoms with Crippen LogP contribution in [0, 0.1) is 0 Å². The number of benzene rings is 2. The quantitative estimate of drug-likeness (QED) is 0.278. The monoisotopic (exact) mass is 464 g/mol. The number of anilines is 1. The summed E-state index contributed by atoms with van der Waals surface area (Å²) in [5, 5.41) is 16.1. The Morgan fingerprint density at radius 2 is 1.81 bits per heavy atom. The van der Waals surface area contributed by atoms with Crippen LogP contribution in [-0.2, 0) is 19.1 Å². The maximum Gasteiger partial charge on any atom is 0.345 e. The summed E-state index contributed by atoms with van der Waals surface area (Å²) in [6.07, 6.45) is 0.307. The molecular weight excluding hydrogens is 436 g/mol. The van der Waals surface area contributed by atoms with Gasteiger partial charge < -0.3 is 20.5 Å². The first-order valence-electron chi connectivity index (χ1n) is 10.1. The second-order valence-electron chi connectivity index (χ2n) is 7.42. The highest BCUT2D eigenvalue weighted by Crippen LogP contribution is 2.32. The fourth-order valence-corrected chi connectivity index (χ4v) is 3.35. The van der Waals surface area contributed by atoms with E-state index in [1.165, 1.54) is 24.3 Å². The minimum atomic E-state index is -3.76. The number of phenols is 1. The summed E-state index contributed by atoms with van der Waals surface area (Å²) < 4.78 is 33.7. The van der Waals surface area contributed by atoms with Crippen LogP contribution in [0.5, 0.6) is 11.5 Å². The average molecular weight is 465 g/mol. The summed E-state index contributed by atoms with van der Waals surface area (Å²) in [6.45, 7) is 5.68. The molecule has 2 aromatic carbocycles. The SMILES string of the molecule is CCC(=O)Nc1ccccc1C(=O)Oc1ccc(C(CNC(C)C)OS(C)(=O)=O)cc1O. The highest BCUT2D eigenvalue weighted by molar-refractivity contribution is 7.86. The standard InChI is InChI=1S/C22H28N2O7S/c1-5-21(26)24-17-9-7-6-8-16(17)22(27)30-19-11-10-15(12-18(19)25)20(13-23-14(2)3)31-32(4,28)29/h6-12,14,20,23,25H,5,13H2,1-4H3,(H,24,26). The highest BCUT2D eigenvalue weighted by atomic mass is 32.2.